The molecule has 13 nitrogen and oxygen atoms in total. The van der Waals surface area contributed by atoms with Crippen LogP contribution in [0.25, 0.3) is 0 Å². The molecule has 240 valence electrons. The van der Waals surface area contributed by atoms with Crippen molar-refractivity contribution < 1.29 is 33.8 Å². The highest BCUT2D eigenvalue weighted by Crippen LogP contribution is 2.22. The lowest BCUT2D eigenvalue weighted by atomic mass is 10.0. The van der Waals surface area contributed by atoms with E-state index in [9.17, 15) is 29.1 Å². The van der Waals surface area contributed by atoms with Gasteiger partial charge in [-0.05, 0) is 67.9 Å². The smallest absolute Gasteiger partial charge is 0.410 e. The van der Waals surface area contributed by atoms with Crippen LogP contribution in [0.3, 0.4) is 0 Å². The third kappa shape index (κ3) is 9.34. The van der Waals surface area contributed by atoms with Gasteiger partial charge >= 0.3 is 12.1 Å². The van der Waals surface area contributed by atoms with E-state index in [-0.39, 0.29) is 19.1 Å². The van der Waals surface area contributed by atoms with Crippen LogP contribution < -0.4 is 10.6 Å². The first-order chi connectivity index (χ1) is 21.6. The second kappa shape index (κ2) is 15.8. The Bertz CT molecular complexity index is 1380. The van der Waals surface area contributed by atoms with Gasteiger partial charge in [0.25, 0.3) is 0 Å². The number of ether oxygens (including phenoxy) is 1. The van der Waals surface area contributed by atoms with Crippen LogP contribution in [0.1, 0.15) is 51.5 Å². The molecule has 3 N–H and O–H groups in total. The zero-order chi connectivity index (χ0) is 32.3. The number of likely N-dealkylation sites (tertiary alicyclic amines) is 2. The summed E-state index contributed by atoms with van der Waals surface area (Å²) in [4.78, 5) is 66.0. The molecule has 3 atom stereocenters. The highest BCUT2D eigenvalue weighted by atomic mass is 16.6. The third-order valence-corrected chi connectivity index (χ3v) is 7.74. The van der Waals surface area contributed by atoms with E-state index in [4.69, 9.17) is 4.74 Å². The van der Waals surface area contributed by atoms with Crippen LogP contribution >= 0.6 is 0 Å². The van der Waals surface area contributed by atoms with Crippen LogP contribution in [0.15, 0.2) is 64.8 Å². The number of nitrogens with one attached hydrogen (secondary N) is 2. The molecular formula is C32H40N6O7. The summed E-state index contributed by atoms with van der Waals surface area (Å²) in [6, 6.07) is 13.8. The quantitative estimate of drug-likeness (QED) is 0.302. The summed E-state index contributed by atoms with van der Waals surface area (Å²) in [5.41, 5.74) is 2.13. The number of nitrogens with zero attached hydrogens (tertiary/aromatic N) is 4. The molecule has 2 aliphatic rings. The Morgan fingerprint density at radius 1 is 0.889 bits per heavy atom. The highest BCUT2D eigenvalue weighted by Gasteiger charge is 2.37. The van der Waals surface area contributed by atoms with Crippen LogP contribution in [0.4, 0.5) is 16.2 Å². The minimum Gasteiger partial charge on any atom is -0.480 e. The number of aliphatic carboxylic acids is 1. The molecule has 0 spiro atoms. The average molecular weight is 621 g/mol. The number of azo groups is 1. The summed E-state index contributed by atoms with van der Waals surface area (Å²) >= 11 is 0. The second-order valence-corrected chi connectivity index (χ2v) is 11.6. The molecule has 0 radical (unpaired) electrons. The van der Waals surface area contributed by atoms with Gasteiger partial charge in [0, 0.05) is 13.1 Å². The summed E-state index contributed by atoms with van der Waals surface area (Å²) in [5.74, 6) is -2.54. The Labute approximate surface area is 262 Å². The first kappa shape index (κ1) is 33.1. The van der Waals surface area contributed by atoms with E-state index in [0.717, 1.165) is 11.3 Å². The van der Waals surface area contributed by atoms with E-state index in [1.165, 1.54) is 9.80 Å². The van der Waals surface area contributed by atoms with Gasteiger partial charge < -0.3 is 25.4 Å². The average Bonchev–Trinajstić information content (AvgIpc) is 3.73. The summed E-state index contributed by atoms with van der Waals surface area (Å²) in [5, 5.41) is 23.0. The van der Waals surface area contributed by atoms with Crippen molar-refractivity contribution in [2.24, 2.45) is 16.1 Å². The van der Waals surface area contributed by atoms with Gasteiger partial charge in [0.05, 0.1) is 17.9 Å². The lowest BCUT2D eigenvalue weighted by Gasteiger charge is -2.27. The standard InChI is InChI=1S/C32H40N6O7/c1-21(2)18-25(29(40)33-19-28(39)37-16-7-11-27(37)31(42)43)34-30(41)26-10-6-17-38(26)32(44)45-20-22-12-14-24(15-13-22)36-35-23-8-4-3-5-9-23/h3-5,8-9,12-15,21,25-27H,6-7,10-11,16-20H2,1-2H3,(H,33,40)(H,34,41)(H,42,43)/t25-,26-,27-/m0/s1. The molecule has 4 amide bonds. The van der Waals surface area contributed by atoms with Gasteiger partial charge in [0.1, 0.15) is 24.7 Å². The molecule has 2 heterocycles. The molecule has 0 bridgehead atoms. The number of carboxylic acid groups (broad SMARTS) is 1. The van der Waals surface area contributed by atoms with Crippen molar-refractivity contribution in [3.8, 4) is 0 Å². The lowest BCUT2D eigenvalue weighted by Crippen LogP contribution is -2.54. The van der Waals surface area contributed by atoms with Crippen molar-refractivity contribution in [3.63, 3.8) is 0 Å². The molecule has 4 rings (SSSR count). The predicted octanol–water partition coefficient (Wildman–Crippen LogP) is 3.93. The normalized spacial score (nSPS) is 18.6. The Kier molecular flexibility index (Phi) is 11.6. The van der Waals surface area contributed by atoms with Crippen molar-refractivity contribution >= 4 is 41.2 Å². The van der Waals surface area contributed by atoms with Gasteiger partial charge in [0.15, 0.2) is 0 Å². The molecule has 2 saturated heterocycles. The fourth-order valence-electron chi connectivity index (χ4n) is 5.44. The number of rotatable bonds is 12. The SMILES string of the molecule is CC(C)C[C@H](NC(=O)[C@@H]1CCCN1C(=O)OCc1ccc(N=Nc2ccccc2)cc1)C(=O)NCC(=O)N1CCC[C@H]1C(=O)O. The van der Waals surface area contributed by atoms with Gasteiger partial charge in [-0.15, -0.1) is 0 Å². The van der Waals surface area contributed by atoms with E-state index >= 15 is 0 Å². The zero-order valence-electron chi connectivity index (χ0n) is 25.6. The second-order valence-electron chi connectivity index (χ2n) is 11.6. The topological polar surface area (TPSA) is 170 Å². The molecule has 0 saturated carbocycles. The largest absolute Gasteiger partial charge is 0.480 e. The maximum Gasteiger partial charge on any atom is 0.410 e. The number of carboxylic acids is 1. The first-order valence-corrected chi connectivity index (χ1v) is 15.2. The third-order valence-electron chi connectivity index (χ3n) is 7.74. The summed E-state index contributed by atoms with van der Waals surface area (Å²) in [6.07, 6.45) is 1.65. The maximum absolute atomic E-state index is 13.3. The van der Waals surface area contributed by atoms with E-state index in [1.807, 2.05) is 44.2 Å². The van der Waals surface area contributed by atoms with Crippen LogP contribution in [0.2, 0.25) is 0 Å². The predicted molar refractivity (Wildman–Crippen MR) is 164 cm³/mol. The van der Waals surface area contributed by atoms with Gasteiger partial charge in [-0.25, -0.2) is 9.59 Å². The van der Waals surface area contributed by atoms with Gasteiger partial charge in [-0.1, -0.05) is 44.2 Å². The van der Waals surface area contributed by atoms with Crippen molar-refractivity contribution in [1.29, 1.82) is 0 Å². The Balaban J connectivity index is 1.28. The Hall–Kier alpha value is -4.81. The molecule has 45 heavy (non-hydrogen) atoms. The fourth-order valence-corrected chi connectivity index (χ4v) is 5.44. The van der Waals surface area contributed by atoms with Crippen molar-refractivity contribution in [1.82, 2.24) is 20.4 Å². The number of carbonyl (C=O) groups is 5. The zero-order valence-corrected chi connectivity index (χ0v) is 25.6. The monoisotopic (exact) mass is 620 g/mol. The summed E-state index contributed by atoms with van der Waals surface area (Å²) in [6.45, 7) is 4.09. The first-order valence-electron chi connectivity index (χ1n) is 15.2. The maximum atomic E-state index is 13.3. The molecule has 0 unspecified atom stereocenters. The van der Waals surface area contributed by atoms with E-state index < -0.39 is 47.9 Å². The molecule has 0 aromatic heterocycles. The van der Waals surface area contributed by atoms with E-state index in [2.05, 4.69) is 20.9 Å². The number of carbonyl (C=O) groups excluding carboxylic acids is 4. The van der Waals surface area contributed by atoms with Crippen molar-refractivity contribution in [2.45, 2.75) is 70.7 Å². The van der Waals surface area contributed by atoms with Crippen molar-refractivity contribution in [3.05, 3.63) is 60.2 Å². The fraction of sp³-hybridized carbons (Fsp3) is 0.469. The Morgan fingerprint density at radius 2 is 1.51 bits per heavy atom. The highest BCUT2D eigenvalue weighted by molar-refractivity contribution is 5.93. The minimum atomic E-state index is -1.07. The van der Waals surface area contributed by atoms with Gasteiger partial charge in [-0.2, -0.15) is 10.2 Å². The lowest BCUT2D eigenvalue weighted by molar-refractivity contribution is -0.148. The number of hydrogen-bond acceptors (Lipinski definition) is 8. The number of amides is 4. The summed E-state index contributed by atoms with van der Waals surface area (Å²) < 4.78 is 5.51. The van der Waals surface area contributed by atoms with E-state index in [0.29, 0.717) is 50.9 Å². The van der Waals surface area contributed by atoms with Crippen molar-refractivity contribution in [2.75, 3.05) is 19.6 Å². The molecule has 2 fully saturated rings. The van der Waals surface area contributed by atoms with Crippen LogP contribution in [-0.4, -0.2) is 82.5 Å². The molecule has 0 aliphatic carbocycles. The van der Waals surface area contributed by atoms with Crippen LogP contribution in [0.5, 0.6) is 0 Å². The molecule has 13 heteroatoms. The van der Waals surface area contributed by atoms with E-state index in [1.54, 1.807) is 24.3 Å². The summed E-state index contributed by atoms with van der Waals surface area (Å²) in [7, 11) is 0. The number of benzene rings is 2. The molecule has 2 aromatic carbocycles. The number of hydrogen-bond donors (Lipinski definition) is 3. The van der Waals surface area contributed by atoms with Gasteiger partial charge in [-0.3, -0.25) is 19.3 Å². The van der Waals surface area contributed by atoms with Crippen LogP contribution in [0, 0.1) is 5.92 Å². The Morgan fingerprint density at radius 3 is 2.16 bits per heavy atom. The molecule has 2 aliphatic heterocycles. The minimum absolute atomic E-state index is 0.00590. The molecular weight excluding hydrogens is 580 g/mol. The van der Waals surface area contributed by atoms with Gasteiger partial charge in [0.2, 0.25) is 17.7 Å². The van der Waals surface area contributed by atoms with Crippen LogP contribution in [-0.2, 0) is 30.5 Å². The molecule has 2 aromatic rings.